The molecule has 1 unspecified atom stereocenters. The molecule has 1 aliphatic heterocycles. The van der Waals surface area contributed by atoms with Crippen LogP contribution in [0.25, 0.3) is 0 Å². The average Bonchev–Trinajstić information content (AvgIpc) is 2.92. The largest absolute Gasteiger partial charge is 0.493 e. The Morgan fingerprint density at radius 2 is 2.05 bits per heavy atom. The maximum Gasteiger partial charge on any atom is 0.236 e. The number of hydrogen-bond acceptors (Lipinski definition) is 4. The Morgan fingerprint density at radius 3 is 2.64 bits per heavy atom. The first-order chi connectivity index (χ1) is 10.7. The molecule has 2 rings (SSSR count). The van der Waals surface area contributed by atoms with E-state index >= 15 is 0 Å². The summed E-state index contributed by atoms with van der Waals surface area (Å²) < 4.78 is 10.6. The molecule has 1 heterocycles. The number of nitrogens with zero attached hydrogens (tertiary/aromatic N) is 1. The summed E-state index contributed by atoms with van der Waals surface area (Å²) in [5, 5.41) is 1.78. The van der Waals surface area contributed by atoms with E-state index < -0.39 is 0 Å². The van der Waals surface area contributed by atoms with Gasteiger partial charge in [0.25, 0.3) is 0 Å². The Bertz CT molecular complexity index is 505. The number of amides is 1. The van der Waals surface area contributed by atoms with Gasteiger partial charge < -0.3 is 9.47 Å². The van der Waals surface area contributed by atoms with Gasteiger partial charge in [-0.25, -0.2) is 5.43 Å². The highest BCUT2D eigenvalue weighted by atomic mass is 16.5. The van der Waals surface area contributed by atoms with Crippen molar-refractivity contribution in [3.8, 4) is 11.5 Å². The predicted octanol–water partition coefficient (Wildman–Crippen LogP) is 2.54. The number of carbonyl (C=O) groups excluding carboxylic acids is 1. The Labute approximate surface area is 132 Å². The molecule has 5 nitrogen and oxygen atoms in total. The summed E-state index contributed by atoms with van der Waals surface area (Å²) in [6.45, 7) is 2.97. The summed E-state index contributed by atoms with van der Waals surface area (Å²) in [5.74, 6) is 1.68. The molecule has 1 aliphatic rings. The lowest BCUT2D eigenvalue weighted by Crippen LogP contribution is -2.46. The lowest BCUT2D eigenvalue weighted by molar-refractivity contribution is -0.131. The van der Waals surface area contributed by atoms with Crippen molar-refractivity contribution in [1.82, 2.24) is 10.4 Å². The molecule has 0 aromatic heterocycles. The number of hydrogen-bond donors (Lipinski definition) is 1. The summed E-state index contributed by atoms with van der Waals surface area (Å²) in [4.78, 5) is 11.8. The quantitative estimate of drug-likeness (QED) is 0.802. The van der Waals surface area contributed by atoms with Gasteiger partial charge >= 0.3 is 0 Å². The predicted molar refractivity (Wildman–Crippen MR) is 86.0 cm³/mol. The SMILES string of the molecule is CCCC(Cc1ccc(OC)c(OC)c1)NN1CCCC1=O. The van der Waals surface area contributed by atoms with Gasteiger partial charge in [0.2, 0.25) is 5.91 Å². The standard InChI is InChI=1S/C17H26N2O3/c1-4-6-14(18-19-10-5-7-17(19)20)11-13-8-9-15(21-2)16(12-13)22-3/h8-9,12,14,18H,4-7,10-11H2,1-3H3. The van der Waals surface area contributed by atoms with Gasteiger partial charge in [0.1, 0.15) is 0 Å². The van der Waals surface area contributed by atoms with Crippen molar-refractivity contribution in [2.45, 2.75) is 45.1 Å². The number of hydrazine groups is 1. The third-order valence-electron chi connectivity index (χ3n) is 3.98. The summed E-state index contributed by atoms with van der Waals surface area (Å²) in [5.41, 5.74) is 4.57. The smallest absolute Gasteiger partial charge is 0.236 e. The highest BCUT2D eigenvalue weighted by molar-refractivity contribution is 5.77. The van der Waals surface area contributed by atoms with Crippen LogP contribution in [0.15, 0.2) is 18.2 Å². The fourth-order valence-corrected chi connectivity index (χ4v) is 2.86. The topological polar surface area (TPSA) is 50.8 Å². The van der Waals surface area contributed by atoms with Crippen LogP contribution in [0.4, 0.5) is 0 Å². The maximum absolute atomic E-state index is 11.8. The van der Waals surface area contributed by atoms with Crippen molar-refractivity contribution in [3.63, 3.8) is 0 Å². The molecule has 1 atom stereocenters. The second-order valence-corrected chi connectivity index (χ2v) is 5.66. The monoisotopic (exact) mass is 306 g/mol. The number of carbonyl (C=O) groups is 1. The zero-order chi connectivity index (χ0) is 15.9. The minimum absolute atomic E-state index is 0.202. The van der Waals surface area contributed by atoms with Crippen molar-refractivity contribution >= 4 is 5.91 Å². The van der Waals surface area contributed by atoms with Gasteiger partial charge in [0, 0.05) is 19.0 Å². The van der Waals surface area contributed by atoms with Crippen LogP contribution in [0, 0.1) is 0 Å². The second kappa shape index (κ2) is 8.03. The van der Waals surface area contributed by atoms with Crippen LogP contribution >= 0.6 is 0 Å². The molecular weight excluding hydrogens is 280 g/mol. The van der Waals surface area contributed by atoms with Crippen LogP contribution < -0.4 is 14.9 Å². The van der Waals surface area contributed by atoms with Crippen molar-refractivity contribution < 1.29 is 14.3 Å². The molecular formula is C17H26N2O3. The molecule has 1 fully saturated rings. The fraction of sp³-hybridized carbons (Fsp3) is 0.588. The fourth-order valence-electron chi connectivity index (χ4n) is 2.86. The lowest BCUT2D eigenvalue weighted by Gasteiger charge is -2.25. The number of rotatable bonds is 8. The molecule has 0 spiro atoms. The van der Waals surface area contributed by atoms with Gasteiger partial charge in [-0.2, -0.15) is 0 Å². The van der Waals surface area contributed by atoms with Gasteiger partial charge in [-0.05, 0) is 37.0 Å². The zero-order valence-electron chi connectivity index (χ0n) is 13.7. The van der Waals surface area contributed by atoms with Gasteiger partial charge in [-0.3, -0.25) is 9.80 Å². The molecule has 0 saturated carbocycles. The molecule has 1 amide bonds. The van der Waals surface area contributed by atoms with Crippen molar-refractivity contribution in [2.75, 3.05) is 20.8 Å². The number of nitrogens with one attached hydrogen (secondary N) is 1. The van der Waals surface area contributed by atoms with E-state index in [1.165, 1.54) is 5.56 Å². The third-order valence-corrected chi connectivity index (χ3v) is 3.98. The van der Waals surface area contributed by atoms with Crippen LogP contribution in [-0.2, 0) is 11.2 Å². The molecule has 0 bridgehead atoms. The molecule has 0 aliphatic carbocycles. The van der Waals surface area contributed by atoms with Crippen LogP contribution in [0.2, 0.25) is 0 Å². The first-order valence-corrected chi connectivity index (χ1v) is 7.95. The van der Waals surface area contributed by atoms with Crippen LogP contribution in [0.1, 0.15) is 38.2 Å². The Hall–Kier alpha value is -1.75. The van der Waals surface area contributed by atoms with Crippen LogP contribution in [0.5, 0.6) is 11.5 Å². The summed E-state index contributed by atoms with van der Waals surface area (Å²) in [6, 6.07) is 6.25. The van der Waals surface area contributed by atoms with Crippen molar-refractivity contribution in [3.05, 3.63) is 23.8 Å². The number of benzene rings is 1. The van der Waals surface area contributed by atoms with E-state index in [2.05, 4.69) is 18.4 Å². The second-order valence-electron chi connectivity index (χ2n) is 5.66. The first kappa shape index (κ1) is 16.6. The summed E-state index contributed by atoms with van der Waals surface area (Å²) in [7, 11) is 3.28. The van der Waals surface area contributed by atoms with Gasteiger partial charge in [0.05, 0.1) is 14.2 Å². The maximum atomic E-state index is 11.8. The molecule has 5 heteroatoms. The number of ether oxygens (including phenoxy) is 2. The van der Waals surface area contributed by atoms with Crippen molar-refractivity contribution in [2.24, 2.45) is 0 Å². The van der Waals surface area contributed by atoms with E-state index in [0.717, 1.165) is 43.7 Å². The number of methoxy groups -OCH3 is 2. The Balaban J connectivity index is 2.05. The minimum atomic E-state index is 0.202. The first-order valence-electron chi connectivity index (χ1n) is 7.95. The molecule has 1 aromatic rings. The Morgan fingerprint density at radius 1 is 1.27 bits per heavy atom. The highest BCUT2D eigenvalue weighted by Crippen LogP contribution is 2.28. The van der Waals surface area contributed by atoms with Crippen LogP contribution in [0.3, 0.4) is 0 Å². The van der Waals surface area contributed by atoms with Crippen molar-refractivity contribution in [1.29, 1.82) is 0 Å². The summed E-state index contributed by atoms with van der Waals surface area (Å²) >= 11 is 0. The van der Waals surface area contributed by atoms with E-state index in [4.69, 9.17) is 9.47 Å². The van der Waals surface area contributed by atoms with E-state index in [9.17, 15) is 4.79 Å². The van der Waals surface area contributed by atoms with Crippen LogP contribution in [-0.4, -0.2) is 37.7 Å². The van der Waals surface area contributed by atoms with E-state index in [0.29, 0.717) is 6.42 Å². The normalized spacial score (nSPS) is 16.0. The van der Waals surface area contributed by atoms with Gasteiger partial charge in [-0.15, -0.1) is 0 Å². The molecule has 1 saturated heterocycles. The average molecular weight is 306 g/mol. The summed E-state index contributed by atoms with van der Waals surface area (Å²) in [6.07, 6.45) is 4.56. The molecule has 1 N–H and O–H groups in total. The van der Waals surface area contributed by atoms with Gasteiger partial charge in [0.15, 0.2) is 11.5 Å². The van der Waals surface area contributed by atoms with E-state index in [-0.39, 0.29) is 11.9 Å². The lowest BCUT2D eigenvalue weighted by atomic mass is 10.0. The van der Waals surface area contributed by atoms with E-state index in [1.807, 2.05) is 12.1 Å². The molecule has 0 radical (unpaired) electrons. The zero-order valence-corrected chi connectivity index (χ0v) is 13.7. The molecule has 1 aromatic carbocycles. The van der Waals surface area contributed by atoms with Gasteiger partial charge in [-0.1, -0.05) is 19.4 Å². The highest BCUT2D eigenvalue weighted by Gasteiger charge is 2.23. The van der Waals surface area contributed by atoms with E-state index in [1.54, 1.807) is 19.2 Å². The molecule has 122 valence electrons. The Kier molecular flexibility index (Phi) is 6.07. The molecule has 22 heavy (non-hydrogen) atoms. The third kappa shape index (κ3) is 4.13. The minimum Gasteiger partial charge on any atom is -0.493 e.